The van der Waals surface area contributed by atoms with E-state index in [1.807, 2.05) is 24.5 Å². The van der Waals surface area contributed by atoms with Gasteiger partial charge in [0.05, 0.1) is 21.2 Å². The Balaban J connectivity index is 1.85. The smallest absolute Gasteiger partial charge is 0.257 e. The number of rotatable bonds is 6. The van der Waals surface area contributed by atoms with Crippen LogP contribution in [0.5, 0.6) is 0 Å². The summed E-state index contributed by atoms with van der Waals surface area (Å²) in [6, 6.07) is 11.7. The highest BCUT2D eigenvalue weighted by Gasteiger charge is 2.29. The molecule has 1 N–H and O–H groups in total. The lowest BCUT2D eigenvalue weighted by Gasteiger charge is -2.33. The highest BCUT2D eigenvalue weighted by molar-refractivity contribution is 7.98. The Morgan fingerprint density at radius 1 is 1.14 bits per heavy atom. The van der Waals surface area contributed by atoms with Crippen LogP contribution in [0, 0.1) is 0 Å². The second-order valence-electron chi connectivity index (χ2n) is 6.63. The molecule has 0 aromatic heterocycles. The van der Waals surface area contributed by atoms with Crippen molar-refractivity contribution in [3.8, 4) is 0 Å². The highest BCUT2D eigenvalue weighted by Crippen LogP contribution is 2.28. The molecule has 1 saturated heterocycles. The SMILES string of the molecule is CCN1CCN(S(=O)(=O)c2ccc(Cl)c(C(=O)Nc3ccccc3SC)c2)CC1. The Bertz CT molecular complexity index is 990. The lowest BCUT2D eigenvalue weighted by atomic mass is 10.2. The summed E-state index contributed by atoms with van der Waals surface area (Å²) in [5.74, 6) is -0.440. The lowest BCUT2D eigenvalue weighted by Crippen LogP contribution is -2.48. The van der Waals surface area contributed by atoms with Crippen LogP contribution >= 0.6 is 23.4 Å². The number of benzene rings is 2. The number of hydrogen-bond donors (Lipinski definition) is 1. The molecule has 1 heterocycles. The van der Waals surface area contributed by atoms with Crippen LogP contribution in [0.1, 0.15) is 17.3 Å². The van der Waals surface area contributed by atoms with Gasteiger partial charge in [-0.15, -0.1) is 11.8 Å². The zero-order chi connectivity index (χ0) is 21.0. The zero-order valence-corrected chi connectivity index (χ0v) is 18.8. The number of para-hydroxylation sites is 1. The van der Waals surface area contributed by atoms with E-state index in [4.69, 9.17) is 11.6 Å². The van der Waals surface area contributed by atoms with Gasteiger partial charge in [-0.25, -0.2) is 8.42 Å². The number of thioether (sulfide) groups is 1. The third kappa shape index (κ3) is 4.95. The predicted octanol–water partition coefficient (Wildman–Crippen LogP) is 3.64. The van der Waals surface area contributed by atoms with Crippen molar-refractivity contribution < 1.29 is 13.2 Å². The molecular formula is C20H24ClN3O3S2. The first kappa shape index (κ1) is 22.1. The molecule has 1 fully saturated rings. The van der Waals surface area contributed by atoms with E-state index in [2.05, 4.69) is 17.1 Å². The minimum atomic E-state index is -3.69. The van der Waals surface area contributed by atoms with Crippen LogP contribution in [0.15, 0.2) is 52.3 Å². The van der Waals surface area contributed by atoms with Crippen LogP contribution in [0.25, 0.3) is 0 Å². The molecule has 1 aliphatic rings. The molecule has 0 spiro atoms. The largest absolute Gasteiger partial charge is 0.321 e. The molecular weight excluding hydrogens is 430 g/mol. The van der Waals surface area contributed by atoms with Crippen molar-refractivity contribution in [1.82, 2.24) is 9.21 Å². The first-order valence-electron chi connectivity index (χ1n) is 9.33. The summed E-state index contributed by atoms with van der Waals surface area (Å²) in [5, 5.41) is 3.04. The van der Waals surface area contributed by atoms with Crippen molar-refractivity contribution in [1.29, 1.82) is 0 Å². The molecule has 0 aliphatic carbocycles. The van der Waals surface area contributed by atoms with Crippen molar-refractivity contribution in [2.45, 2.75) is 16.7 Å². The van der Waals surface area contributed by atoms with E-state index in [-0.39, 0.29) is 15.5 Å². The third-order valence-corrected chi connectivity index (χ3v) is 7.97. The lowest BCUT2D eigenvalue weighted by molar-refractivity contribution is 0.102. The number of sulfonamides is 1. The number of carbonyl (C=O) groups is 1. The molecule has 29 heavy (non-hydrogen) atoms. The van der Waals surface area contributed by atoms with Gasteiger partial charge in [-0.2, -0.15) is 4.31 Å². The summed E-state index contributed by atoms with van der Waals surface area (Å²) in [7, 11) is -3.69. The van der Waals surface area contributed by atoms with Crippen LogP contribution < -0.4 is 5.32 Å². The van der Waals surface area contributed by atoms with Gasteiger partial charge >= 0.3 is 0 Å². The molecule has 1 aliphatic heterocycles. The van der Waals surface area contributed by atoms with E-state index in [0.29, 0.717) is 31.9 Å². The van der Waals surface area contributed by atoms with Crippen molar-refractivity contribution in [3.05, 3.63) is 53.1 Å². The Kier molecular flexibility index (Phi) is 7.23. The van der Waals surface area contributed by atoms with Gasteiger partial charge in [0, 0.05) is 31.1 Å². The molecule has 0 bridgehead atoms. The van der Waals surface area contributed by atoms with Gasteiger partial charge in [0.25, 0.3) is 5.91 Å². The minimum Gasteiger partial charge on any atom is -0.321 e. The zero-order valence-electron chi connectivity index (χ0n) is 16.4. The van der Waals surface area contributed by atoms with E-state index in [1.165, 1.54) is 34.3 Å². The quantitative estimate of drug-likeness (QED) is 0.676. The van der Waals surface area contributed by atoms with E-state index in [9.17, 15) is 13.2 Å². The Hall–Kier alpha value is -1.58. The highest BCUT2D eigenvalue weighted by atomic mass is 35.5. The first-order valence-corrected chi connectivity index (χ1v) is 12.4. The predicted molar refractivity (Wildman–Crippen MR) is 119 cm³/mol. The number of nitrogens with zero attached hydrogens (tertiary/aromatic N) is 2. The van der Waals surface area contributed by atoms with E-state index in [1.54, 1.807) is 6.07 Å². The van der Waals surface area contributed by atoms with Gasteiger partial charge in [0.1, 0.15) is 0 Å². The summed E-state index contributed by atoms with van der Waals surface area (Å²) in [6.45, 7) is 5.22. The number of likely N-dealkylation sites (N-methyl/N-ethyl adjacent to an activating group) is 1. The standard InChI is InChI=1S/C20H24ClN3O3S2/c1-3-23-10-12-24(13-11-23)29(26,27)15-8-9-17(21)16(14-15)20(25)22-18-6-4-5-7-19(18)28-2/h4-9,14H,3,10-13H2,1-2H3,(H,22,25). The third-order valence-electron chi connectivity index (χ3n) is 4.95. The molecule has 156 valence electrons. The number of piperazine rings is 1. The van der Waals surface area contributed by atoms with Crippen molar-refractivity contribution in [3.63, 3.8) is 0 Å². The normalized spacial score (nSPS) is 16.0. The average molecular weight is 454 g/mol. The maximum atomic E-state index is 13.1. The summed E-state index contributed by atoms with van der Waals surface area (Å²) in [5.41, 5.74) is 0.792. The van der Waals surface area contributed by atoms with Crippen molar-refractivity contribution in [2.75, 3.05) is 44.3 Å². The summed E-state index contributed by atoms with van der Waals surface area (Å²) >= 11 is 7.73. The molecule has 2 aromatic rings. The van der Waals surface area contributed by atoms with E-state index in [0.717, 1.165) is 11.4 Å². The molecule has 3 rings (SSSR count). The Morgan fingerprint density at radius 2 is 1.83 bits per heavy atom. The van der Waals surface area contributed by atoms with Crippen LogP contribution in [0.2, 0.25) is 5.02 Å². The average Bonchev–Trinajstić information content (AvgIpc) is 2.74. The van der Waals surface area contributed by atoms with E-state index < -0.39 is 15.9 Å². The molecule has 1 amide bonds. The minimum absolute atomic E-state index is 0.0788. The maximum absolute atomic E-state index is 13.1. The van der Waals surface area contributed by atoms with Crippen LogP contribution in [-0.4, -0.2) is 62.5 Å². The number of nitrogens with one attached hydrogen (secondary N) is 1. The van der Waals surface area contributed by atoms with Gasteiger partial charge in [-0.1, -0.05) is 30.7 Å². The van der Waals surface area contributed by atoms with Crippen LogP contribution in [0.4, 0.5) is 5.69 Å². The summed E-state index contributed by atoms with van der Waals surface area (Å²) in [6.07, 6.45) is 1.92. The summed E-state index contributed by atoms with van der Waals surface area (Å²) < 4.78 is 27.6. The van der Waals surface area contributed by atoms with Gasteiger partial charge < -0.3 is 10.2 Å². The fourth-order valence-corrected chi connectivity index (χ4v) is 5.42. The monoisotopic (exact) mass is 453 g/mol. The van der Waals surface area contributed by atoms with Gasteiger partial charge in [0.15, 0.2) is 0 Å². The number of halogens is 1. The first-order chi connectivity index (χ1) is 13.9. The number of carbonyl (C=O) groups excluding carboxylic acids is 1. The number of amides is 1. The van der Waals surface area contributed by atoms with E-state index >= 15 is 0 Å². The molecule has 0 unspecified atom stereocenters. The second-order valence-corrected chi connectivity index (χ2v) is 9.83. The Morgan fingerprint density at radius 3 is 2.48 bits per heavy atom. The van der Waals surface area contributed by atoms with Crippen molar-refractivity contribution in [2.24, 2.45) is 0 Å². The molecule has 0 saturated carbocycles. The maximum Gasteiger partial charge on any atom is 0.257 e. The molecule has 2 aromatic carbocycles. The fourth-order valence-electron chi connectivity index (χ4n) is 3.21. The number of anilines is 1. The topological polar surface area (TPSA) is 69.7 Å². The summed E-state index contributed by atoms with van der Waals surface area (Å²) in [4.78, 5) is 16.0. The molecule has 0 atom stereocenters. The molecule has 0 radical (unpaired) electrons. The fraction of sp³-hybridized carbons (Fsp3) is 0.350. The van der Waals surface area contributed by atoms with Gasteiger partial charge in [-0.05, 0) is 43.1 Å². The Labute approximate surface area is 181 Å². The van der Waals surface area contributed by atoms with Gasteiger partial charge in [-0.3, -0.25) is 4.79 Å². The van der Waals surface area contributed by atoms with Crippen LogP contribution in [-0.2, 0) is 10.0 Å². The number of hydrogen-bond acceptors (Lipinski definition) is 5. The van der Waals surface area contributed by atoms with Crippen molar-refractivity contribution >= 4 is 45.0 Å². The molecule has 6 nitrogen and oxygen atoms in total. The van der Waals surface area contributed by atoms with Gasteiger partial charge in [0.2, 0.25) is 10.0 Å². The molecule has 9 heteroatoms. The second kappa shape index (κ2) is 9.49. The van der Waals surface area contributed by atoms with Crippen LogP contribution in [0.3, 0.4) is 0 Å².